The predicted octanol–water partition coefficient (Wildman–Crippen LogP) is 3.40. The highest BCUT2D eigenvalue weighted by Crippen LogP contribution is 2.26. The summed E-state index contributed by atoms with van der Waals surface area (Å²) in [5, 5.41) is 17.4. The molecule has 2 rings (SSSR count). The van der Waals surface area contributed by atoms with E-state index in [1.807, 2.05) is 6.92 Å². The van der Waals surface area contributed by atoms with Gasteiger partial charge in [-0.2, -0.15) is 5.10 Å². The molecule has 6 nitrogen and oxygen atoms in total. The fourth-order valence-electron chi connectivity index (χ4n) is 2.02. The van der Waals surface area contributed by atoms with Crippen LogP contribution in [0.15, 0.2) is 47.6 Å². The number of nitrogens with one attached hydrogen (secondary N) is 2. The maximum Gasteiger partial charge on any atom is 0.262 e. The minimum absolute atomic E-state index is 0.0231. The van der Waals surface area contributed by atoms with Gasteiger partial charge in [0.25, 0.3) is 5.91 Å². The third kappa shape index (κ3) is 5.69. The van der Waals surface area contributed by atoms with Crippen molar-refractivity contribution < 1.29 is 14.6 Å². The summed E-state index contributed by atoms with van der Waals surface area (Å²) in [6.45, 7) is 4.03. The van der Waals surface area contributed by atoms with E-state index in [0.717, 1.165) is 5.69 Å². The summed E-state index contributed by atoms with van der Waals surface area (Å²) < 4.78 is 5.25. The fraction of sp³-hybridized carbons (Fsp3) is 0.222. The Balaban J connectivity index is 1.89. The number of nitrogens with zero attached hydrogens (tertiary/aromatic N) is 1. The fourth-order valence-corrected chi connectivity index (χ4v) is 2.15. The van der Waals surface area contributed by atoms with Crippen molar-refractivity contribution in [3.63, 3.8) is 0 Å². The van der Waals surface area contributed by atoms with Crippen molar-refractivity contribution in [1.29, 1.82) is 0 Å². The van der Waals surface area contributed by atoms with Gasteiger partial charge in [-0.05, 0) is 61.9 Å². The summed E-state index contributed by atoms with van der Waals surface area (Å²) in [4.78, 5) is 12.0. The molecule has 0 radical (unpaired) electrons. The SMILES string of the molecule is CCOc1ccc(/C=N\NC(=O)[C@H](C)Nc2ccc(Cl)cc2)cc1O. The van der Waals surface area contributed by atoms with Crippen LogP contribution in [-0.4, -0.2) is 29.9 Å². The van der Waals surface area contributed by atoms with Crippen molar-refractivity contribution >= 4 is 29.4 Å². The number of benzene rings is 2. The summed E-state index contributed by atoms with van der Waals surface area (Å²) in [6.07, 6.45) is 1.45. The molecule has 2 aromatic rings. The summed E-state index contributed by atoms with van der Waals surface area (Å²) in [7, 11) is 0. The number of aromatic hydroxyl groups is 1. The number of anilines is 1. The third-order valence-corrected chi connectivity index (χ3v) is 3.54. The van der Waals surface area contributed by atoms with E-state index in [9.17, 15) is 9.90 Å². The van der Waals surface area contributed by atoms with Gasteiger partial charge in [0, 0.05) is 10.7 Å². The Morgan fingerprint density at radius 1 is 1.32 bits per heavy atom. The Morgan fingerprint density at radius 3 is 2.68 bits per heavy atom. The van der Waals surface area contributed by atoms with Gasteiger partial charge in [0.15, 0.2) is 11.5 Å². The Hall–Kier alpha value is -2.73. The highest BCUT2D eigenvalue weighted by atomic mass is 35.5. The number of rotatable bonds is 7. The predicted molar refractivity (Wildman–Crippen MR) is 99.5 cm³/mol. The zero-order valence-electron chi connectivity index (χ0n) is 14.0. The zero-order valence-corrected chi connectivity index (χ0v) is 14.7. The molecule has 0 aliphatic carbocycles. The highest BCUT2D eigenvalue weighted by molar-refractivity contribution is 6.30. The molecule has 0 aliphatic heterocycles. The van der Waals surface area contributed by atoms with Crippen LogP contribution in [0, 0.1) is 0 Å². The first kappa shape index (κ1) is 18.6. The molecular formula is C18H20ClN3O3. The minimum atomic E-state index is -0.480. The van der Waals surface area contributed by atoms with E-state index in [2.05, 4.69) is 15.8 Å². The molecule has 0 saturated heterocycles. The van der Waals surface area contributed by atoms with Gasteiger partial charge in [0.05, 0.1) is 12.8 Å². The Labute approximate surface area is 151 Å². The van der Waals surface area contributed by atoms with Crippen LogP contribution >= 0.6 is 11.6 Å². The number of hydrazone groups is 1. The van der Waals surface area contributed by atoms with Crippen molar-refractivity contribution in [1.82, 2.24) is 5.43 Å². The number of halogens is 1. The summed E-state index contributed by atoms with van der Waals surface area (Å²) in [6, 6.07) is 11.5. The second-order valence-corrected chi connectivity index (χ2v) is 5.70. The quantitative estimate of drug-likeness (QED) is 0.521. The smallest absolute Gasteiger partial charge is 0.262 e. The molecule has 2 aromatic carbocycles. The Kier molecular flexibility index (Phi) is 6.65. The number of carbonyl (C=O) groups excluding carboxylic acids is 1. The van der Waals surface area contributed by atoms with E-state index >= 15 is 0 Å². The molecule has 0 spiro atoms. The second-order valence-electron chi connectivity index (χ2n) is 5.27. The number of hydrogen-bond donors (Lipinski definition) is 3. The molecule has 0 bridgehead atoms. The lowest BCUT2D eigenvalue weighted by molar-refractivity contribution is -0.121. The highest BCUT2D eigenvalue weighted by Gasteiger charge is 2.11. The van der Waals surface area contributed by atoms with Gasteiger partial charge >= 0.3 is 0 Å². The molecule has 0 saturated carbocycles. The lowest BCUT2D eigenvalue weighted by atomic mass is 10.2. The average Bonchev–Trinajstić information content (AvgIpc) is 2.59. The number of hydrogen-bond acceptors (Lipinski definition) is 5. The summed E-state index contributed by atoms with van der Waals surface area (Å²) in [5.74, 6) is 0.140. The van der Waals surface area contributed by atoms with Crippen molar-refractivity contribution in [3.05, 3.63) is 53.1 Å². The molecule has 0 fully saturated rings. The first-order valence-corrected chi connectivity index (χ1v) is 8.18. The molecule has 1 amide bonds. The standard InChI is InChI=1S/C18H20ClN3O3/c1-3-25-17-9-4-13(10-16(17)23)11-20-22-18(24)12(2)21-15-7-5-14(19)6-8-15/h4-12,21,23H,3H2,1-2H3,(H,22,24)/b20-11-/t12-/m0/s1. The van der Waals surface area contributed by atoms with Gasteiger partial charge < -0.3 is 15.2 Å². The van der Waals surface area contributed by atoms with E-state index in [1.165, 1.54) is 12.3 Å². The molecule has 3 N–H and O–H groups in total. The number of ether oxygens (including phenoxy) is 1. The van der Waals surface area contributed by atoms with Gasteiger partial charge in [0.2, 0.25) is 0 Å². The van der Waals surface area contributed by atoms with Crippen LogP contribution in [0.3, 0.4) is 0 Å². The number of amides is 1. The molecule has 0 heterocycles. The van der Waals surface area contributed by atoms with Gasteiger partial charge in [-0.15, -0.1) is 0 Å². The average molecular weight is 362 g/mol. The first-order valence-electron chi connectivity index (χ1n) is 7.80. The molecule has 7 heteroatoms. The van der Waals surface area contributed by atoms with Crippen LogP contribution in [0.4, 0.5) is 5.69 Å². The van der Waals surface area contributed by atoms with Gasteiger partial charge in [-0.25, -0.2) is 5.43 Å². The first-order chi connectivity index (χ1) is 12.0. The van der Waals surface area contributed by atoms with E-state index in [-0.39, 0.29) is 11.7 Å². The molecule has 132 valence electrons. The van der Waals surface area contributed by atoms with E-state index in [4.69, 9.17) is 16.3 Å². The van der Waals surface area contributed by atoms with Crippen LogP contribution < -0.4 is 15.5 Å². The maximum absolute atomic E-state index is 12.0. The van der Waals surface area contributed by atoms with E-state index in [1.54, 1.807) is 43.3 Å². The molecular weight excluding hydrogens is 342 g/mol. The normalized spacial score (nSPS) is 12.0. The van der Waals surface area contributed by atoms with E-state index in [0.29, 0.717) is 22.9 Å². The van der Waals surface area contributed by atoms with Gasteiger partial charge in [0.1, 0.15) is 6.04 Å². The van der Waals surface area contributed by atoms with Crippen LogP contribution in [0.5, 0.6) is 11.5 Å². The largest absolute Gasteiger partial charge is 0.504 e. The van der Waals surface area contributed by atoms with Crippen LogP contribution in [0.25, 0.3) is 0 Å². The number of phenolic OH excluding ortho intramolecular Hbond substituents is 1. The second kappa shape index (κ2) is 8.94. The van der Waals surface area contributed by atoms with Crippen molar-refractivity contribution in [2.45, 2.75) is 19.9 Å². The topological polar surface area (TPSA) is 83.0 Å². The number of carbonyl (C=O) groups is 1. The van der Waals surface area contributed by atoms with Crippen LogP contribution in [0.2, 0.25) is 5.02 Å². The van der Waals surface area contributed by atoms with Crippen molar-refractivity contribution in [3.8, 4) is 11.5 Å². The lowest BCUT2D eigenvalue weighted by Gasteiger charge is -2.13. The summed E-state index contributed by atoms with van der Waals surface area (Å²) in [5.41, 5.74) is 3.87. The van der Waals surface area contributed by atoms with Crippen molar-refractivity contribution in [2.24, 2.45) is 5.10 Å². The Morgan fingerprint density at radius 2 is 2.04 bits per heavy atom. The van der Waals surface area contributed by atoms with E-state index < -0.39 is 6.04 Å². The van der Waals surface area contributed by atoms with Crippen LogP contribution in [0.1, 0.15) is 19.4 Å². The zero-order chi connectivity index (χ0) is 18.2. The Bertz CT molecular complexity index is 748. The monoisotopic (exact) mass is 361 g/mol. The number of phenols is 1. The van der Waals surface area contributed by atoms with Gasteiger partial charge in [-0.3, -0.25) is 4.79 Å². The lowest BCUT2D eigenvalue weighted by Crippen LogP contribution is -2.34. The molecule has 1 atom stereocenters. The summed E-state index contributed by atoms with van der Waals surface area (Å²) >= 11 is 5.82. The maximum atomic E-state index is 12.0. The van der Waals surface area contributed by atoms with Crippen LogP contribution in [-0.2, 0) is 4.79 Å². The molecule has 0 aromatic heterocycles. The van der Waals surface area contributed by atoms with Gasteiger partial charge in [-0.1, -0.05) is 11.6 Å². The molecule has 0 unspecified atom stereocenters. The minimum Gasteiger partial charge on any atom is -0.504 e. The molecule has 0 aliphatic rings. The molecule has 25 heavy (non-hydrogen) atoms. The third-order valence-electron chi connectivity index (χ3n) is 3.29. The van der Waals surface area contributed by atoms with Crippen molar-refractivity contribution in [2.75, 3.05) is 11.9 Å².